The summed E-state index contributed by atoms with van der Waals surface area (Å²) in [5.41, 5.74) is 2.68. The number of carbonyl (C=O) groups is 1. The smallest absolute Gasteiger partial charge is 0.342 e. The average molecular weight is 400 g/mol. The van der Waals surface area contributed by atoms with Crippen molar-refractivity contribution in [2.45, 2.75) is 66.7 Å². The fourth-order valence-electron chi connectivity index (χ4n) is 3.97. The van der Waals surface area contributed by atoms with E-state index >= 15 is 0 Å². The quantitative estimate of drug-likeness (QED) is 0.648. The van der Waals surface area contributed by atoms with Crippen LogP contribution in [0.5, 0.6) is 0 Å². The Morgan fingerprint density at radius 3 is 2.72 bits per heavy atom. The summed E-state index contributed by atoms with van der Waals surface area (Å²) in [5, 5.41) is 0. The van der Waals surface area contributed by atoms with Crippen molar-refractivity contribution < 1.29 is 13.9 Å². The summed E-state index contributed by atoms with van der Waals surface area (Å²) >= 11 is 0. The van der Waals surface area contributed by atoms with Crippen molar-refractivity contribution >= 4 is 11.8 Å². The third-order valence-electron chi connectivity index (χ3n) is 5.65. The van der Waals surface area contributed by atoms with Gasteiger partial charge in [-0.15, -0.1) is 0 Å². The third-order valence-corrected chi connectivity index (χ3v) is 5.65. The largest absolute Gasteiger partial charge is 0.465 e. The lowest BCUT2D eigenvalue weighted by atomic mass is 10.1. The summed E-state index contributed by atoms with van der Waals surface area (Å²) in [4.78, 5) is 21.9. The van der Waals surface area contributed by atoms with E-state index in [0.717, 1.165) is 55.5 Å². The maximum Gasteiger partial charge on any atom is 0.342 e. The van der Waals surface area contributed by atoms with Crippen LogP contribution < -0.4 is 4.90 Å². The Morgan fingerprint density at radius 1 is 1.34 bits per heavy atom. The number of hydrogen-bond acceptors (Lipinski definition) is 6. The SMILES string of the molecule is CCN(Cc1cc(C)c(C)o1)C1CCN(c2nccc(C)c2C(=O)OC(C)C)C1. The molecule has 3 rings (SSSR count). The van der Waals surface area contributed by atoms with Gasteiger partial charge in [-0.1, -0.05) is 6.92 Å². The molecular weight excluding hydrogens is 366 g/mol. The molecule has 0 amide bonds. The van der Waals surface area contributed by atoms with Crippen molar-refractivity contribution in [2.24, 2.45) is 0 Å². The van der Waals surface area contributed by atoms with Crippen molar-refractivity contribution in [3.05, 3.63) is 46.5 Å². The summed E-state index contributed by atoms with van der Waals surface area (Å²) in [6.07, 6.45) is 2.65. The van der Waals surface area contributed by atoms with Crippen LogP contribution in [0.15, 0.2) is 22.7 Å². The monoisotopic (exact) mass is 399 g/mol. The molecule has 3 heterocycles. The second-order valence-corrected chi connectivity index (χ2v) is 8.18. The van der Waals surface area contributed by atoms with E-state index in [9.17, 15) is 4.79 Å². The molecule has 1 unspecified atom stereocenters. The van der Waals surface area contributed by atoms with Crippen LogP contribution >= 0.6 is 0 Å². The highest BCUT2D eigenvalue weighted by molar-refractivity contribution is 5.96. The van der Waals surface area contributed by atoms with Gasteiger partial charge in [0, 0.05) is 25.3 Å². The number of likely N-dealkylation sites (N-methyl/N-ethyl adjacent to an activating group) is 1. The molecule has 0 saturated carbocycles. The Morgan fingerprint density at radius 2 is 2.10 bits per heavy atom. The molecule has 0 radical (unpaired) electrons. The first-order chi connectivity index (χ1) is 13.8. The number of furan rings is 1. The van der Waals surface area contributed by atoms with Gasteiger partial charge in [0.25, 0.3) is 0 Å². The number of pyridine rings is 1. The van der Waals surface area contributed by atoms with Crippen LogP contribution in [-0.4, -0.2) is 47.6 Å². The first-order valence-electron chi connectivity index (χ1n) is 10.5. The standard InChI is InChI=1S/C23H33N3O3/c1-7-25(14-20-12-17(5)18(6)29-20)19-9-11-26(13-19)22-21(16(4)8-10-24-22)23(27)28-15(2)3/h8,10,12,15,19H,7,9,11,13-14H2,1-6H3. The number of ether oxygens (including phenoxy) is 1. The van der Waals surface area contributed by atoms with Gasteiger partial charge in [0.15, 0.2) is 0 Å². The van der Waals surface area contributed by atoms with Crippen LogP contribution in [-0.2, 0) is 11.3 Å². The molecule has 0 aliphatic carbocycles. The van der Waals surface area contributed by atoms with E-state index in [4.69, 9.17) is 9.15 Å². The van der Waals surface area contributed by atoms with Crippen molar-refractivity contribution in [3.63, 3.8) is 0 Å². The van der Waals surface area contributed by atoms with E-state index in [2.05, 4.69) is 34.7 Å². The number of nitrogens with zero attached hydrogens (tertiary/aromatic N) is 3. The van der Waals surface area contributed by atoms with E-state index in [1.54, 1.807) is 6.20 Å². The molecule has 1 fully saturated rings. The fraction of sp³-hybridized carbons (Fsp3) is 0.565. The number of anilines is 1. The molecule has 0 spiro atoms. The number of hydrogen-bond donors (Lipinski definition) is 0. The van der Waals surface area contributed by atoms with Gasteiger partial charge in [-0.2, -0.15) is 0 Å². The number of carbonyl (C=O) groups excluding carboxylic acids is 1. The molecule has 6 heteroatoms. The first-order valence-corrected chi connectivity index (χ1v) is 10.5. The van der Waals surface area contributed by atoms with Crippen molar-refractivity contribution in [3.8, 4) is 0 Å². The van der Waals surface area contributed by atoms with Crippen molar-refractivity contribution in [1.29, 1.82) is 0 Å². The van der Waals surface area contributed by atoms with Crippen LogP contribution in [0.1, 0.15) is 60.2 Å². The van der Waals surface area contributed by atoms with Crippen LogP contribution in [0.2, 0.25) is 0 Å². The predicted octanol–water partition coefficient (Wildman–Crippen LogP) is 4.27. The number of aromatic nitrogens is 1. The average Bonchev–Trinajstić information content (AvgIpc) is 3.25. The Hall–Kier alpha value is -2.34. The van der Waals surface area contributed by atoms with Crippen molar-refractivity contribution in [1.82, 2.24) is 9.88 Å². The summed E-state index contributed by atoms with van der Waals surface area (Å²) in [5.74, 6) is 2.44. The Kier molecular flexibility index (Phi) is 6.63. The van der Waals surface area contributed by atoms with Crippen LogP contribution in [0.4, 0.5) is 5.82 Å². The van der Waals surface area contributed by atoms with E-state index < -0.39 is 0 Å². The maximum absolute atomic E-state index is 12.7. The maximum atomic E-state index is 12.7. The minimum atomic E-state index is -0.294. The van der Waals surface area contributed by atoms with E-state index in [0.29, 0.717) is 11.6 Å². The second kappa shape index (κ2) is 8.99. The molecule has 0 aromatic carbocycles. The number of rotatable bonds is 7. The van der Waals surface area contributed by atoms with Crippen LogP contribution in [0.3, 0.4) is 0 Å². The molecule has 2 aromatic heterocycles. The Balaban J connectivity index is 1.76. The van der Waals surface area contributed by atoms with Gasteiger partial charge in [0.2, 0.25) is 0 Å². The van der Waals surface area contributed by atoms with Crippen molar-refractivity contribution in [2.75, 3.05) is 24.5 Å². The number of aryl methyl sites for hydroxylation is 3. The Labute approximate surface area is 173 Å². The molecule has 1 aliphatic heterocycles. The lowest BCUT2D eigenvalue weighted by Gasteiger charge is -2.27. The van der Waals surface area contributed by atoms with Gasteiger partial charge >= 0.3 is 5.97 Å². The number of esters is 1. The zero-order chi connectivity index (χ0) is 21.1. The lowest BCUT2D eigenvalue weighted by Crippen LogP contribution is -2.37. The normalized spacial score (nSPS) is 16.8. The molecule has 1 atom stereocenters. The van der Waals surface area contributed by atoms with Crippen LogP contribution in [0, 0.1) is 20.8 Å². The van der Waals surface area contributed by atoms with Gasteiger partial charge in [-0.25, -0.2) is 9.78 Å². The molecular formula is C23H33N3O3. The highest BCUT2D eigenvalue weighted by Crippen LogP contribution is 2.28. The molecule has 2 aromatic rings. The van der Waals surface area contributed by atoms with E-state index in [-0.39, 0.29) is 12.1 Å². The first kappa shape index (κ1) is 21.4. The van der Waals surface area contributed by atoms with Gasteiger partial charge in [-0.3, -0.25) is 4.90 Å². The highest BCUT2D eigenvalue weighted by Gasteiger charge is 2.31. The minimum Gasteiger partial charge on any atom is -0.465 e. The minimum absolute atomic E-state index is 0.155. The second-order valence-electron chi connectivity index (χ2n) is 8.18. The summed E-state index contributed by atoms with van der Waals surface area (Å²) in [6.45, 7) is 15.4. The van der Waals surface area contributed by atoms with Gasteiger partial charge in [0.05, 0.1) is 12.6 Å². The van der Waals surface area contributed by atoms with E-state index in [1.165, 1.54) is 5.56 Å². The molecule has 1 aliphatic rings. The van der Waals surface area contributed by atoms with Crippen LogP contribution in [0.25, 0.3) is 0 Å². The fourth-order valence-corrected chi connectivity index (χ4v) is 3.97. The summed E-state index contributed by atoms with van der Waals surface area (Å²) in [7, 11) is 0. The van der Waals surface area contributed by atoms with E-state index in [1.807, 2.05) is 33.8 Å². The topological polar surface area (TPSA) is 58.8 Å². The molecule has 29 heavy (non-hydrogen) atoms. The lowest BCUT2D eigenvalue weighted by molar-refractivity contribution is 0.0377. The molecule has 6 nitrogen and oxygen atoms in total. The highest BCUT2D eigenvalue weighted by atomic mass is 16.5. The molecule has 0 N–H and O–H groups in total. The van der Waals surface area contributed by atoms with Gasteiger partial charge in [-0.05, 0) is 70.8 Å². The zero-order valence-electron chi connectivity index (χ0n) is 18.5. The third kappa shape index (κ3) is 4.81. The molecule has 1 saturated heterocycles. The molecule has 0 bridgehead atoms. The summed E-state index contributed by atoms with van der Waals surface area (Å²) < 4.78 is 11.4. The molecule has 158 valence electrons. The predicted molar refractivity (Wildman–Crippen MR) is 114 cm³/mol. The summed E-state index contributed by atoms with van der Waals surface area (Å²) in [6, 6.07) is 4.39. The zero-order valence-corrected chi connectivity index (χ0v) is 18.5. The Bertz CT molecular complexity index is 840. The van der Waals surface area contributed by atoms with Gasteiger partial charge < -0.3 is 14.1 Å². The van der Waals surface area contributed by atoms with Gasteiger partial charge in [0.1, 0.15) is 22.9 Å².